The molecule has 1 fully saturated rings. The molecule has 0 aromatic carbocycles. The number of ether oxygens (including phenoxy) is 1. The van der Waals surface area contributed by atoms with E-state index < -0.39 is 11.8 Å². The molecule has 15 heavy (non-hydrogen) atoms. The van der Waals surface area contributed by atoms with Crippen molar-refractivity contribution in [2.24, 2.45) is 0 Å². The third kappa shape index (κ3) is 1.74. The van der Waals surface area contributed by atoms with Gasteiger partial charge < -0.3 is 9.64 Å². The molecule has 1 saturated heterocycles. The minimum Gasteiger partial charge on any atom is -0.359 e. The van der Waals surface area contributed by atoms with Crippen molar-refractivity contribution in [3.05, 3.63) is 9.15 Å². The van der Waals surface area contributed by atoms with Gasteiger partial charge in [-0.1, -0.05) is 0 Å². The van der Waals surface area contributed by atoms with Gasteiger partial charge in [-0.3, -0.25) is 0 Å². The summed E-state index contributed by atoms with van der Waals surface area (Å²) in [6.45, 7) is 5.41. The molecule has 2 aliphatic heterocycles. The molecule has 2 heterocycles. The molecule has 1 spiro atoms. The molecular weight excluding hydrogens is 308 g/mol. The van der Waals surface area contributed by atoms with Gasteiger partial charge in [-0.05, 0) is 55.5 Å². The lowest BCUT2D eigenvalue weighted by molar-refractivity contribution is -0.105. The molecule has 4 heteroatoms. The minimum absolute atomic E-state index is 0.0623. The van der Waals surface area contributed by atoms with Crippen LogP contribution in [0.2, 0.25) is 0 Å². The zero-order valence-corrected chi connectivity index (χ0v) is 11.5. The predicted octanol–water partition coefficient (Wildman–Crippen LogP) is 2.53. The number of likely N-dealkylation sites (tertiary alicyclic amines) is 1. The molecule has 2 rings (SSSR count). The summed E-state index contributed by atoms with van der Waals surface area (Å²) in [6.07, 6.45) is -0.0638. The summed E-state index contributed by atoms with van der Waals surface area (Å²) in [5.41, 5.74) is 0.485. The quantitative estimate of drug-likeness (QED) is 0.635. The summed E-state index contributed by atoms with van der Waals surface area (Å²) in [7, 11) is 1.96. The standard InChI is InChI=1S/C11H17FINO/c1-7-10(13)8(2)15-11(7)4-5-14(3)6-9(11)12/h8-9H,4-6H2,1-3H3. The lowest BCUT2D eigenvalue weighted by Gasteiger charge is -2.41. The number of rotatable bonds is 0. The van der Waals surface area contributed by atoms with E-state index in [1.165, 1.54) is 3.58 Å². The third-order valence-corrected chi connectivity index (χ3v) is 5.27. The van der Waals surface area contributed by atoms with Gasteiger partial charge in [0.05, 0.1) is 6.10 Å². The Morgan fingerprint density at radius 2 is 2.27 bits per heavy atom. The second-order valence-electron chi connectivity index (χ2n) is 4.60. The molecule has 0 aliphatic carbocycles. The molecule has 3 unspecified atom stereocenters. The summed E-state index contributed by atoms with van der Waals surface area (Å²) in [5, 5.41) is 0. The summed E-state index contributed by atoms with van der Waals surface area (Å²) in [4.78, 5) is 2.03. The van der Waals surface area contributed by atoms with E-state index in [9.17, 15) is 4.39 Å². The number of alkyl halides is 1. The third-order valence-electron chi connectivity index (χ3n) is 3.58. The Labute approximate surface area is 104 Å². The summed E-state index contributed by atoms with van der Waals surface area (Å²) >= 11 is 2.29. The topological polar surface area (TPSA) is 12.5 Å². The highest BCUT2D eigenvalue weighted by Crippen LogP contribution is 2.45. The Morgan fingerprint density at radius 3 is 2.73 bits per heavy atom. The highest BCUT2D eigenvalue weighted by Gasteiger charge is 2.51. The molecule has 0 aromatic heterocycles. The molecule has 0 amide bonds. The molecule has 2 nitrogen and oxygen atoms in total. The van der Waals surface area contributed by atoms with E-state index >= 15 is 0 Å². The molecule has 86 valence electrons. The van der Waals surface area contributed by atoms with Gasteiger partial charge in [-0.25, -0.2) is 4.39 Å². The van der Waals surface area contributed by atoms with Crippen LogP contribution in [-0.4, -0.2) is 42.9 Å². The second-order valence-corrected chi connectivity index (χ2v) is 5.76. The molecule has 0 N–H and O–H groups in total. The van der Waals surface area contributed by atoms with Crippen molar-refractivity contribution >= 4 is 22.6 Å². The first-order valence-electron chi connectivity index (χ1n) is 5.34. The fourth-order valence-electron chi connectivity index (χ4n) is 2.54. The lowest BCUT2D eigenvalue weighted by Crippen LogP contribution is -2.53. The van der Waals surface area contributed by atoms with Gasteiger partial charge in [0, 0.05) is 16.7 Å². The Kier molecular flexibility index (Phi) is 3.12. The van der Waals surface area contributed by atoms with Gasteiger partial charge in [-0.15, -0.1) is 0 Å². The SMILES string of the molecule is CC1=C(I)C(C)OC12CCN(C)CC2F. The molecule has 0 radical (unpaired) electrons. The van der Waals surface area contributed by atoms with Crippen LogP contribution in [0.15, 0.2) is 9.15 Å². The first kappa shape index (κ1) is 11.8. The van der Waals surface area contributed by atoms with Crippen molar-refractivity contribution in [2.75, 3.05) is 20.1 Å². The fourth-order valence-corrected chi connectivity index (χ4v) is 3.13. The zero-order chi connectivity index (χ0) is 11.2. The van der Waals surface area contributed by atoms with Crippen molar-refractivity contribution in [3.8, 4) is 0 Å². The normalized spacial score (nSPS) is 43.0. The zero-order valence-electron chi connectivity index (χ0n) is 9.39. The van der Waals surface area contributed by atoms with E-state index in [1.54, 1.807) is 0 Å². The number of hydrogen-bond acceptors (Lipinski definition) is 2. The Morgan fingerprint density at radius 1 is 1.60 bits per heavy atom. The minimum atomic E-state index is -0.897. The van der Waals surface area contributed by atoms with Gasteiger partial charge in [0.25, 0.3) is 0 Å². The van der Waals surface area contributed by atoms with E-state index in [-0.39, 0.29) is 6.10 Å². The number of hydrogen-bond donors (Lipinski definition) is 0. The van der Waals surface area contributed by atoms with Crippen LogP contribution in [0.4, 0.5) is 4.39 Å². The molecule has 2 aliphatic rings. The van der Waals surface area contributed by atoms with Crippen LogP contribution in [0, 0.1) is 0 Å². The summed E-state index contributed by atoms with van der Waals surface area (Å²) in [5.74, 6) is 0. The van der Waals surface area contributed by atoms with Crippen LogP contribution in [0.5, 0.6) is 0 Å². The maximum absolute atomic E-state index is 14.2. The smallest absolute Gasteiger partial charge is 0.145 e. The Balaban J connectivity index is 2.29. The van der Waals surface area contributed by atoms with Gasteiger partial charge in [-0.2, -0.15) is 0 Å². The number of nitrogens with zero attached hydrogens (tertiary/aromatic N) is 1. The molecule has 0 aromatic rings. The maximum Gasteiger partial charge on any atom is 0.145 e. The first-order chi connectivity index (χ1) is 6.97. The average molecular weight is 325 g/mol. The van der Waals surface area contributed by atoms with Crippen LogP contribution < -0.4 is 0 Å². The largest absolute Gasteiger partial charge is 0.359 e. The summed E-state index contributed by atoms with van der Waals surface area (Å²) in [6, 6.07) is 0. The van der Waals surface area contributed by atoms with Crippen LogP contribution >= 0.6 is 22.6 Å². The molecule has 0 bridgehead atoms. The van der Waals surface area contributed by atoms with Crippen molar-refractivity contribution in [1.82, 2.24) is 4.90 Å². The van der Waals surface area contributed by atoms with Crippen molar-refractivity contribution in [2.45, 2.75) is 38.1 Å². The highest BCUT2D eigenvalue weighted by molar-refractivity contribution is 14.1. The fraction of sp³-hybridized carbons (Fsp3) is 0.818. The monoisotopic (exact) mass is 325 g/mol. The number of halogens is 2. The van der Waals surface area contributed by atoms with Crippen molar-refractivity contribution in [3.63, 3.8) is 0 Å². The van der Waals surface area contributed by atoms with Crippen molar-refractivity contribution in [1.29, 1.82) is 0 Å². The van der Waals surface area contributed by atoms with E-state index in [2.05, 4.69) is 22.6 Å². The van der Waals surface area contributed by atoms with E-state index in [4.69, 9.17) is 4.74 Å². The maximum atomic E-state index is 14.2. The van der Waals surface area contributed by atoms with Crippen LogP contribution in [0.3, 0.4) is 0 Å². The lowest BCUT2D eigenvalue weighted by atomic mass is 9.84. The van der Waals surface area contributed by atoms with Crippen molar-refractivity contribution < 1.29 is 9.13 Å². The van der Waals surface area contributed by atoms with Crippen LogP contribution in [-0.2, 0) is 4.74 Å². The van der Waals surface area contributed by atoms with Gasteiger partial charge in [0.1, 0.15) is 11.8 Å². The molecule has 0 saturated carbocycles. The first-order valence-corrected chi connectivity index (χ1v) is 6.42. The summed E-state index contributed by atoms with van der Waals surface area (Å²) < 4.78 is 21.3. The van der Waals surface area contributed by atoms with Gasteiger partial charge in [0.15, 0.2) is 0 Å². The molecule has 3 atom stereocenters. The number of piperidine rings is 1. The van der Waals surface area contributed by atoms with Gasteiger partial charge in [0.2, 0.25) is 0 Å². The highest BCUT2D eigenvalue weighted by atomic mass is 127. The van der Waals surface area contributed by atoms with E-state index in [0.717, 1.165) is 18.5 Å². The van der Waals surface area contributed by atoms with Crippen LogP contribution in [0.25, 0.3) is 0 Å². The van der Waals surface area contributed by atoms with E-state index in [0.29, 0.717) is 6.54 Å². The second kappa shape index (κ2) is 3.96. The molecular formula is C11H17FINO. The van der Waals surface area contributed by atoms with Gasteiger partial charge >= 0.3 is 0 Å². The average Bonchev–Trinajstić information content (AvgIpc) is 2.39. The Hall–Kier alpha value is 0.320. The predicted molar refractivity (Wildman–Crippen MR) is 67.0 cm³/mol. The van der Waals surface area contributed by atoms with E-state index in [1.807, 2.05) is 25.8 Å². The Bertz CT molecular complexity index is 307. The van der Waals surface area contributed by atoms with Crippen LogP contribution in [0.1, 0.15) is 20.3 Å².